The summed E-state index contributed by atoms with van der Waals surface area (Å²) in [5.74, 6) is 0.192. The van der Waals surface area contributed by atoms with Gasteiger partial charge in [-0.3, -0.25) is 4.79 Å². The number of carbonyl (C=O) groups is 2. The lowest BCUT2D eigenvalue weighted by Gasteiger charge is -2.24. The predicted molar refractivity (Wildman–Crippen MR) is 67.2 cm³/mol. The SMILES string of the molecule is CC1CC1CN(C)C(=O)N1C[C@@H](C)[C@H](C(=O)O)C1. The summed E-state index contributed by atoms with van der Waals surface area (Å²) in [4.78, 5) is 26.6. The summed E-state index contributed by atoms with van der Waals surface area (Å²) in [6.45, 7) is 5.79. The Hall–Kier alpha value is -1.26. The van der Waals surface area contributed by atoms with Crippen molar-refractivity contribution in [1.82, 2.24) is 9.80 Å². The molecule has 5 nitrogen and oxygen atoms in total. The Kier molecular flexibility index (Phi) is 3.50. The minimum atomic E-state index is -0.795. The predicted octanol–water partition coefficient (Wildman–Crippen LogP) is 1.35. The van der Waals surface area contributed by atoms with E-state index in [-0.39, 0.29) is 11.9 Å². The molecule has 5 heteroatoms. The van der Waals surface area contributed by atoms with E-state index in [1.165, 1.54) is 6.42 Å². The monoisotopic (exact) mass is 254 g/mol. The Morgan fingerprint density at radius 2 is 1.89 bits per heavy atom. The second kappa shape index (κ2) is 4.78. The first-order valence-corrected chi connectivity index (χ1v) is 6.63. The van der Waals surface area contributed by atoms with Crippen molar-refractivity contribution in [2.45, 2.75) is 20.3 Å². The summed E-state index contributed by atoms with van der Waals surface area (Å²) >= 11 is 0. The fraction of sp³-hybridized carbons (Fsp3) is 0.846. The fourth-order valence-electron chi connectivity index (χ4n) is 2.77. The molecule has 1 heterocycles. The van der Waals surface area contributed by atoms with Crippen molar-refractivity contribution in [2.24, 2.45) is 23.7 Å². The van der Waals surface area contributed by atoms with Crippen LogP contribution in [0.15, 0.2) is 0 Å². The summed E-state index contributed by atoms with van der Waals surface area (Å²) < 4.78 is 0. The van der Waals surface area contributed by atoms with Crippen molar-refractivity contribution in [2.75, 3.05) is 26.7 Å². The normalized spacial score (nSPS) is 34.5. The minimum absolute atomic E-state index is 0.0234. The lowest BCUT2D eigenvalue weighted by atomic mass is 9.99. The van der Waals surface area contributed by atoms with Crippen molar-refractivity contribution < 1.29 is 14.7 Å². The third kappa shape index (κ3) is 2.60. The molecular formula is C13H22N2O3. The van der Waals surface area contributed by atoms with Crippen molar-refractivity contribution in [1.29, 1.82) is 0 Å². The van der Waals surface area contributed by atoms with Crippen LogP contribution in [0.4, 0.5) is 4.79 Å². The molecule has 18 heavy (non-hydrogen) atoms. The van der Waals surface area contributed by atoms with Crippen LogP contribution >= 0.6 is 0 Å². The van der Waals surface area contributed by atoms with E-state index in [1.54, 1.807) is 9.80 Å². The molecule has 0 aromatic rings. The summed E-state index contributed by atoms with van der Waals surface area (Å²) in [5.41, 5.74) is 0. The number of carboxylic acid groups (broad SMARTS) is 1. The third-order valence-electron chi connectivity index (χ3n) is 4.31. The van der Waals surface area contributed by atoms with E-state index < -0.39 is 11.9 Å². The molecular weight excluding hydrogens is 232 g/mol. The number of carbonyl (C=O) groups excluding carboxylic acids is 1. The van der Waals surface area contributed by atoms with Crippen LogP contribution in [-0.2, 0) is 4.79 Å². The molecule has 0 spiro atoms. The maximum absolute atomic E-state index is 12.2. The van der Waals surface area contributed by atoms with Gasteiger partial charge in [0.1, 0.15) is 0 Å². The summed E-state index contributed by atoms with van der Waals surface area (Å²) in [5, 5.41) is 9.06. The Labute approximate surface area is 108 Å². The summed E-state index contributed by atoms with van der Waals surface area (Å²) in [7, 11) is 1.81. The molecule has 2 rings (SSSR count). The summed E-state index contributed by atoms with van der Waals surface area (Å²) in [6, 6.07) is -0.0234. The zero-order valence-electron chi connectivity index (χ0n) is 11.3. The fourth-order valence-corrected chi connectivity index (χ4v) is 2.77. The Morgan fingerprint density at radius 1 is 1.28 bits per heavy atom. The second-order valence-corrected chi connectivity index (χ2v) is 5.96. The quantitative estimate of drug-likeness (QED) is 0.827. The molecule has 102 valence electrons. The highest BCUT2D eigenvalue weighted by molar-refractivity contribution is 5.77. The smallest absolute Gasteiger partial charge is 0.319 e. The molecule has 2 amide bonds. The first kappa shape index (κ1) is 13.2. The van der Waals surface area contributed by atoms with Crippen LogP contribution in [0.2, 0.25) is 0 Å². The average molecular weight is 254 g/mol. The van der Waals surface area contributed by atoms with Crippen molar-refractivity contribution >= 4 is 12.0 Å². The maximum atomic E-state index is 12.2. The van der Waals surface area contributed by atoms with Crippen LogP contribution in [0.3, 0.4) is 0 Å². The van der Waals surface area contributed by atoms with Crippen LogP contribution < -0.4 is 0 Å². The number of nitrogens with zero attached hydrogens (tertiary/aromatic N) is 2. The van der Waals surface area contributed by atoms with E-state index in [1.807, 2.05) is 14.0 Å². The molecule has 1 aliphatic heterocycles. The van der Waals surface area contributed by atoms with E-state index in [0.29, 0.717) is 19.0 Å². The molecule has 0 aromatic heterocycles. The molecule has 0 bridgehead atoms. The third-order valence-corrected chi connectivity index (χ3v) is 4.31. The first-order valence-electron chi connectivity index (χ1n) is 6.63. The van der Waals surface area contributed by atoms with E-state index in [4.69, 9.17) is 5.11 Å². The largest absolute Gasteiger partial charge is 0.481 e. The first-order chi connectivity index (χ1) is 8.40. The van der Waals surface area contributed by atoms with Gasteiger partial charge < -0.3 is 14.9 Å². The van der Waals surface area contributed by atoms with Gasteiger partial charge in [0.25, 0.3) is 0 Å². The molecule has 4 atom stereocenters. The topological polar surface area (TPSA) is 60.9 Å². The maximum Gasteiger partial charge on any atom is 0.319 e. The Balaban J connectivity index is 1.88. The van der Waals surface area contributed by atoms with E-state index >= 15 is 0 Å². The lowest BCUT2D eigenvalue weighted by Crippen LogP contribution is -2.41. The van der Waals surface area contributed by atoms with Gasteiger partial charge >= 0.3 is 12.0 Å². The average Bonchev–Trinajstić information content (AvgIpc) is 2.83. The second-order valence-electron chi connectivity index (χ2n) is 5.96. The molecule has 0 radical (unpaired) electrons. The zero-order chi connectivity index (χ0) is 13.4. The number of hydrogen-bond acceptors (Lipinski definition) is 2. The molecule has 1 saturated heterocycles. The van der Waals surface area contributed by atoms with Gasteiger partial charge in [-0.15, -0.1) is 0 Å². The van der Waals surface area contributed by atoms with Gasteiger partial charge in [0.05, 0.1) is 5.92 Å². The molecule has 2 unspecified atom stereocenters. The Morgan fingerprint density at radius 3 is 2.33 bits per heavy atom. The molecule has 2 fully saturated rings. The highest BCUT2D eigenvalue weighted by Crippen LogP contribution is 2.38. The number of aliphatic carboxylic acids is 1. The van der Waals surface area contributed by atoms with Gasteiger partial charge in [0, 0.05) is 26.7 Å². The number of hydrogen-bond donors (Lipinski definition) is 1. The molecule has 1 N–H and O–H groups in total. The number of rotatable bonds is 3. The number of carboxylic acids is 1. The number of likely N-dealkylation sites (tertiary alicyclic amines) is 1. The van der Waals surface area contributed by atoms with Crippen LogP contribution in [0.25, 0.3) is 0 Å². The van der Waals surface area contributed by atoms with Crippen molar-refractivity contribution in [3.8, 4) is 0 Å². The van der Waals surface area contributed by atoms with Gasteiger partial charge in [0.15, 0.2) is 0 Å². The number of urea groups is 1. The minimum Gasteiger partial charge on any atom is -0.481 e. The molecule has 1 aliphatic carbocycles. The van der Waals surface area contributed by atoms with Crippen molar-refractivity contribution in [3.05, 3.63) is 0 Å². The van der Waals surface area contributed by atoms with Gasteiger partial charge in [-0.2, -0.15) is 0 Å². The van der Waals surface area contributed by atoms with E-state index in [9.17, 15) is 9.59 Å². The van der Waals surface area contributed by atoms with Crippen LogP contribution in [0.1, 0.15) is 20.3 Å². The van der Waals surface area contributed by atoms with Crippen LogP contribution in [0, 0.1) is 23.7 Å². The van der Waals surface area contributed by atoms with Gasteiger partial charge in [-0.05, 0) is 24.2 Å². The molecule has 0 aromatic carbocycles. The van der Waals surface area contributed by atoms with Gasteiger partial charge in [-0.1, -0.05) is 13.8 Å². The van der Waals surface area contributed by atoms with Crippen LogP contribution in [-0.4, -0.2) is 53.6 Å². The van der Waals surface area contributed by atoms with Gasteiger partial charge in [-0.25, -0.2) is 4.79 Å². The Bertz CT molecular complexity index is 358. The van der Waals surface area contributed by atoms with Crippen LogP contribution in [0.5, 0.6) is 0 Å². The van der Waals surface area contributed by atoms with Gasteiger partial charge in [0.2, 0.25) is 0 Å². The summed E-state index contributed by atoms with van der Waals surface area (Å²) in [6.07, 6.45) is 1.20. The van der Waals surface area contributed by atoms with E-state index in [0.717, 1.165) is 12.5 Å². The lowest BCUT2D eigenvalue weighted by molar-refractivity contribution is -0.142. The van der Waals surface area contributed by atoms with E-state index in [2.05, 4.69) is 6.92 Å². The standard InChI is InChI=1S/C13H22N2O3/c1-8-4-10(8)6-14(3)13(18)15-5-9(2)11(7-15)12(16)17/h8-11H,4-7H2,1-3H3,(H,16,17)/t8?,9-,10?,11-/m1/s1. The molecule has 1 saturated carbocycles. The molecule has 2 aliphatic rings. The van der Waals surface area contributed by atoms with Crippen molar-refractivity contribution in [3.63, 3.8) is 0 Å². The zero-order valence-corrected chi connectivity index (χ0v) is 11.3. The highest BCUT2D eigenvalue weighted by Gasteiger charge is 2.39. The number of amides is 2. The highest BCUT2D eigenvalue weighted by atomic mass is 16.4.